The van der Waals surface area contributed by atoms with Gasteiger partial charge in [-0.3, -0.25) is 14.2 Å². The number of nitrogens with zero attached hydrogens (tertiary/aromatic N) is 2. The molecule has 2 rings (SSSR count). The van der Waals surface area contributed by atoms with Gasteiger partial charge in [0.15, 0.2) is 0 Å². The molecule has 8 heteroatoms. The summed E-state index contributed by atoms with van der Waals surface area (Å²) in [6.45, 7) is 3.43. The summed E-state index contributed by atoms with van der Waals surface area (Å²) in [4.78, 5) is 27.9. The monoisotopic (exact) mass is 339 g/mol. The summed E-state index contributed by atoms with van der Waals surface area (Å²) in [6.07, 6.45) is -3.24. The van der Waals surface area contributed by atoms with Crippen LogP contribution in [-0.2, 0) is 17.5 Å². The van der Waals surface area contributed by atoms with Crippen molar-refractivity contribution in [2.75, 3.05) is 5.32 Å². The molecular formula is C16H16F3N3O2. The van der Waals surface area contributed by atoms with Gasteiger partial charge in [0, 0.05) is 11.8 Å². The van der Waals surface area contributed by atoms with Gasteiger partial charge < -0.3 is 5.32 Å². The minimum absolute atomic E-state index is 0.00892. The summed E-state index contributed by atoms with van der Waals surface area (Å²) in [7, 11) is 0. The summed E-state index contributed by atoms with van der Waals surface area (Å²) in [5, 5.41) is 2.34. The van der Waals surface area contributed by atoms with Gasteiger partial charge >= 0.3 is 6.18 Å². The van der Waals surface area contributed by atoms with Crippen LogP contribution in [0.15, 0.2) is 41.5 Å². The van der Waals surface area contributed by atoms with Gasteiger partial charge in [0.25, 0.3) is 5.56 Å². The molecule has 1 heterocycles. The predicted octanol–water partition coefficient (Wildman–Crippen LogP) is 3.02. The number of carbonyl (C=O) groups excluding carboxylic acids is 1. The third-order valence-electron chi connectivity index (χ3n) is 3.28. The van der Waals surface area contributed by atoms with Crippen molar-refractivity contribution < 1.29 is 18.0 Å². The molecule has 0 aliphatic heterocycles. The first-order chi connectivity index (χ1) is 11.2. The average molecular weight is 339 g/mol. The highest BCUT2D eigenvalue weighted by molar-refractivity contribution is 5.90. The highest BCUT2D eigenvalue weighted by Crippen LogP contribution is 2.30. The molecule has 0 saturated carbocycles. The summed E-state index contributed by atoms with van der Waals surface area (Å²) in [6, 6.07) is 5.62. The molecule has 1 aromatic heterocycles. The Kier molecular flexibility index (Phi) is 5.06. The largest absolute Gasteiger partial charge is 0.416 e. The fourth-order valence-corrected chi connectivity index (χ4v) is 2.00. The van der Waals surface area contributed by atoms with Gasteiger partial charge in [0.1, 0.15) is 6.54 Å². The third-order valence-corrected chi connectivity index (χ3v) is 3.28. The van der Waals surface area contributed by atoms with E-state index in [-0.39, 0.29) is 18.2 Å². The average Bonchev–Trinajstić information content (AvgIpc) is 2.48. The fourth-order valence-electron chi connectivity index (χ4n) is 2.00. The number of amides is 1. The first-order valence-electron chi connectivity index (χ1n) is 7.20. The van der Waals surface area contributed by atoms with Crippen LogP contribution in [0.1, 0.15) is 31.0 Å². The maximum absolute atomic E-state index is 12.6. The van der Waals surface area contributed by atoms with Crippen LogP contribution < -0.4 is 10.9 Å². The van der Waals surface area contributed by atoms with Gasteiger partial charge in [-0.2, -0.15) is 13.2 Å². The van der Waals surface area contributed by atoms with Gasteiger partial charge in [-0.15, -0.1) is 0 Å². The minimum Gasteiger partial charge on any atom is -0.325 e. The Morgan fingerprint density at radius 3 is 2.58 bits per heavy atom. The second-order valence-electron chi connectivity index (χ2n) is 5.56. The molecule has 2 aromatic rings. The number of anilines is 1. The lowest BCUT2D eigenvalue weighted by molar-refractivity contribution is -0.137. The lowest BCUT2D eigenvalue weighted by Crippen LogP contribution is -2.28. The van der Waals surface area contributed by atoms with E-state index in [2.05, 4.69) is 10.3 Å². The van der Waals surface area contributed by atoms with E-state index in [0.29, 0.717) is 5.69 Å². The second kappa shape index (κ2) is 6.86. The van der Waals surface area contributed by atoms with Crippen LogP contribution >= 0.6 is 0 Å². The molecule has 0 spiro atoms. The van der Waals surface area contributed by atoms with Crippen LogP contribution in [0.4, 0.5) is 18.9 Å². The molecule has 0 bridgehead atoms. The molecule has 24 heavy (non-hydrogen) atoms. The highest BCUT2D eigenvalue weighted by Gasteiger charge is 2.30. The van der Waals surface area contributed by atoms with Crippen molar-refractivity contribution in [2.24, 2.45) is 0 Å². The topological polar surface area (TPSA) is 64.0 Å². The summed E-state index contributed by atoms with van der Waals surface area (Å²) in [5.74, 6) is -0.540. The molecule has 0 fully saturated rings. The zero-order chi connectivity index (χ0) is 17.9. The van der Waals surface area contributed by atoms with Gasteiger partial charge in [-0.1, -0.05) is 19.9 Å². The Morgan fingerprint density at radius 1 is 1.29 bits per heavy atom. The van der Waals surface area contributed by atoms with Crippen molar-refractivity contribution in [3.05, 3.63) is 58.3 Å². The summed E-state index contributed by atoms with van der Waals surface area (Å²) in [5.41, 5.74) is -0.641. The number of halogens is 3. The Balaban J connectivity index is 2.10. The van der Waals surface area contributed by atoms with E-state index in [1.165, 1.54) is 24.5 Å². The third kappa shape index (κ3) is 4.43. The van der Waals surface area contributed by atoms with Crippen LogP contribution in [0.3, 0.4) is 0 Å². The quantitative estimate of drug-likeness (QED) is 0.931. The van der Waals surface area contributed by atoms with Crippen molar-refractivity contribution in [3.8, 4) is 0 Å². The van der Waals surface area contributed by atoms with Crippen molar-refractivity contribution >= 4 is 11.6 Å². The summed E-state index contributed by atoms with van der Waals surface area (Å²) >= 11 is 0. The number of hydrogen-bond donors (Lipinski definition) is 1. The van der Waals surface area contributed by atoms with E-state index >= 15 is 0 Å². The maximum atomic E-state index is 12.6. The van der Waals surface area contributed by atoms with Crippen LogP contribution in [0.2, 0.25) is 0 Å². The van der Waals surface area contributed by atoms with Crippen LogP contribution in [-0.4, -0.2) is 15.5 Å². The number of nitrogens with one attached hydrogen (secondary N) is 1. The predicted molar refractivity (Wildman–Crippen MR) is 82.7 cm³/mol. The van der Waals surface area contributed by atoms with E-state index in [0.717, 1.165) is 16.7 Å². The number of carbonyl (C=O) groups is 1. The number of rotatable bonds is 4. The molecule has 128 valence electrons. The first kappa shape index (κ1) is 17.7. The van der Waals surface area contributed by atoms with Gasteiger partial charge in [0.2, 0.25) is 5.91 Å². The molecule has 1 N–H and O–H groups in total. The zero-order valence-electron chi connectivity index (χ0n) is 13.1. The number of hydrogen-bond acceptors (Lipinski definition) is 3. The molecule has 0 aliphatic rings. The molecule has 0 unspecified atom stereocenters. The van der Waals surface area contributed by atoms with Gasteiger partial charge in [-0.05, 0) is 24.1 Å². The molecular weight excluding hydrogens is 323 g/mol. The standard InChI is InChI=1S/C16H16F3N3O2/c1-10(2)13-7-15(24)22(9-20-13)8-14(23)21-12-5-3-4-11(6-12)16(17,18)19/h3-7,9-10H,8H2,1-2H3,(H,21,23). The normalized spacial score (nSPS) is 11.6. The molecule has 0 atom stereocenters. The lowest BCUT2D eigenvalue weighted by Gasteiger charge is -2.11. The van der Waals surface area contributed by atoms with Gasteiger partial charge in [-0.25, -0.2) is 4.98 Å². The molecule has 5 nitrogen and oxygen atoms in total. The van der Waals surface area contributed by atoms with Crippen LogP contribution in [0.25, 0.3) is 0 Å². The molecule has 1 amide bonds. The van der Waals surface area contributed by atoms with Crippen LogP contribution in [0.5, 0.6) is 0 Å². The zero-order valence-corrected chi connectivity index (χ0v) is 13.1. The fraction of sp³-hybridized carbons (Fsp3) is 0.312. The number of benzene rings is 1. The van der Waals surface area contributed by atoms with E-state index < -0.39 is 23.2 Å². The van der Waals surface area contributed by atoms with Crippen molar-refractivity contribution in [1.29, 1.82) is 0 Å². The Bertz CT molecular complexity index is 798. The number of alkyl halides is 3. The minimum atomic E-state index is -4.49. The maximum Gasteiger partial charge on any atom is 0.416 e. The van der Waals surface area contributed by atoms with E-state index in [9.17, 15) is 22.8 Å². The second-order valence-corrected chi connectivity index (χ2v) is 5.56. The lowest BCUT2D eigenvalue weighted by atomic mass is 10.1. The van der Waals surface area contributed by atoms with Crippen molar-refractivity contribution in [2.45, 2.75) is 32.5 Å². The summed E-state index contributed by atoms with van der Waals surface area (Å²) < 4.78 is 39.0. The van der Waals surface area contributed by atoms with Gasteiger partial charge in [0.05, 0.1) is 17.6 Å². The SMILES string of the molecule is CC(C)c1cc(=O)n(CC(=O)Nc2cccc(C(F)(F)F)c2)cn1. The molecule has 0 saturated heterocycles. The Labute approximate surface area is 136 Å². The van der Waals surface area contributed by atoms with Crippen molar-refractivity contribution in [1.82, 2.24) is 9.55 Å². The number of aromatic nitrogens is 2. The first-order valence-corrected chi connectivity index (χ1v) is 7.20. The van der Waals surface area contributed by atoms with Crippen LogP contribution in [0, 0.1) is 0 Å². The van der Waals surface area contributed by atoms with E-state index in [1.54, 1.807) is 0 Å². The van der Waals surface area contributed by atoms with E-state index in [4.69, 9.17) is 0 Å². The Hall–Kier alpha value is -2.64. The van der Waals surface area contributed by atoms with Crippen molar-refractivity contribution in [3.63, 3.8) is 0 Å². The van der Waals surface area contributed by atoms with E-state index in [1.807, 2.05) is 13.8 Å². The molecule has 0 aliphatic carbocycles. The molecule has 0 radical (unpaired) electrons. The smallest absolute Gasteiger partial charge is 0.325 e. The Morgan fingerprint density at radius 2 is 2.00 bits per heavy atom. The molecule has 1 aromatic carbocycles. The highest BCUT2D eigenvalue weighted by atomic mass is 19.4.